The van der Waals surface area contributed by atoms with Crippen LogP contribution in [-0.4, -0.2) is 30.9 Å². The number of carbonyl (C=O) groups excluding carboxylic acids is 2. The molecule has 0 aromatic heterocycles. The number of carbonyl (C=O) groups is 2. The fourth-order valence-electron chi connectivity index (χ4n) is 4.07. The fraction of sp³-hybridized carbons (Fsp3) is 0.280. The van der Waals surface area contributed by atoms with Gasteiger partial charge in [-0.1, -0.05) is 60.1 Å². The molecule has 0 radical (unpaired) electrons. The van der Waals surface area contributed by atoms with Crippen LogP contribution in [0, 0.1) is 0 Å². The van der Waals surface area contributed by atoms with E-state index < -0.39 is 6.04 Å². The van der Waals surface area contributed by atoms with E-state index in [1.54, 1.807) is 18.9 Å². The molecule has 1 aliphatic rings. The lowest BCUT2D eigenvalue weighted by atomic mass is 10.0. The highest BCUT2D eigenvalue weighted by Gasteiger charge is 2.32. The van der Waals surface area contributed by atoms with Crippen LogP contribution in [-0.2, 0) is 22.6 Å². The summed E-state index contributed by atoms with van der Waals surface area (Å²) in [5.41, 5.74) is 2.86. The van der Waals surface area contributed by atoms with Crippen molar-refractivity contribution in [3.05, 3.63) is 76.8 Å². The maximum absolute atomic E-state index is 13.7. The molecule has 1 heterocycles. The Hall–Kier alpha value is -2.60. The van der Waals surface area contributed by atoms with E-state index in [0.717, 1.165) is 27.6 Å². The minimum absolute atomic E-state index is 0. The molecule has 0 saturated heterocycles. The summed E-state index contributed by atoms with van der Waals surface area (Å²) in [5.74, 6) is -0.305. The van der Waals surface area contributed by atoms with Gasteiger partial charge in [-0.3, -0.25) is 9.59 Å². The Morgan fingerprint density at radius 2 is 1.84 bits per heavy atom. The van der Waals surface area contributed by atoms with Gasteiger partial charge in [0.15, 0.2) is 0 Å². The van der Waals surface area contributed by atoms with Crippen LogP contribution in [0.3, 0.4) is 0 Å². The Morgan fingerprint density at radius 3 is 2.62 bits per heavy atom. The summed E-state index contributed by atoms with van der Waals surface area (Å²) >= 11 is 6.60. The van der Waals surface area contributed by atoms with Crippen molar-refractivity contribution in [3.8, 4) is 0 Å². The van der Waals surface area contributed by atoms with Crippen molar-refractivity contribution in [2.75, 3.05) is 11.9 Å². The first-order valence-electron chi connectivity index (χ1n) is 10.5. The monoisotopic (exact) mass is 471 g/mol. The zero-order chi connectivity index (χ0) is 22.0. The lowest BCUT2D eigenvalue weighted by Crippen LogP contribution is -2.52. The van der Waals surface area contributed by atoms with E-state index in [9.17, 15) is 9.59 Å². The normalized spacial score (nSPS) is 16.7. The second-order valence-corrected chi connectivity index (χ2v) is 8.32. The molecule has 4 rings (SSSR count). The van der Waals surface area contributed by atoms with Crippen molar-refractivity contribution in [2.45, 2.75) is 38.4 Å². The van der Waals surface area contributed by atoms with Gasteiger partial charge in [0.05, 0.1) is 12.6 Å². The van der Waals surface area contributed by atoms with Crippen molar-refractivity contribution in [1.29, 1.82) is 0 Å². The second-order valence-electron chi connectivity index (χ2n) is 7.91. The fourth-order valence-corrected chi connectivity index (χ4v) is 4.29. The number of halogens is 2. The van der Waals surface area contributed by atoms with Crippen LogP contribution in [0.2, 0.25) is 5.02 Å². The Bertz CT molecular complexity index is 1140. The molecule has 2 N–H and O–H groups in total. The molecule has 2 amide bonds. The summed E-state index contributed by atoms with van der Waals surface area (Å²) in [5, 5.41) is 8.58. The third-order valence-corrected chi connectivity index (χ3v) is 6.35. The van der Waals surface area contributed by atoms with Crippen LogP contribution in [0.25, 0.3) is 10.8 Å². The van der Waals surface area contributed by atoms with Crippen LogP contribution in [0.5, 0.6) is 0 Å². The van der Waals surface area contributed by atoms with Crippen LogP contribution in [0.4, 0.5) is 5.69 Å². The van der Waals surface area contributed by atoms with Gasteiger partial charge in [-0.05, 0) is 60.8 Å². The summed E-state index contributed by atoms with van der Waals surface area (Å²) in [6, 6.07) is 18.8. The number of likely N-dealkylation sites (N-methyl/N-ethyl adjacent to an activating group) is 1. The molecule has 0 aliphatic carbocycles. The third kappa shape index (κ3) is 4.75. The van der Waals surface area contributed by atoms with Gasteiger partial charge in [0.2, 0.25) is 11.8 Å². The van der Waals surface area contributed by atoms with Crippen LogP contribution < -0.4 is 15.5 Å². The maximum Gasteiger partial charge on any atom is 0.249 e. The first-order chi connectivity index (χ1) is 15.0. The van der Waals surface area contributed by atoms with E-state index in [1.807, 2.05) is 60.7 Å². The first kappa shape index (κ1) is 24.1. The summed E-state index contributed by atoms with van der Waals surface area (Å²) in [4.78, 5) is 27.9. The van der Waals surface area contributed by atoms with E-state index >= 15 is 0 Å². The van der Waals surface area contributed by atoms with Crippen molar-refractivity contribution in [1.82, 2.24) is 10.6 Å². The second kappa shape index (κ2) is 10.3. The minimum atomic E-state index is -0.593. The zero-order valence-electron chi connectivity index (χ0n) is 18.1. The number of nitrogens with zero attached hydrogens (tertiary/aromatic N) is 1. The van der Waals surface area contributed by atoms with E-state index in [4.69, 9.17) is 11.6 Å². The number of hydrogen-bond donors (Lipinski definition) is 2. The maximum atomic E-state index is 13.7. The molecule has 0 fully saturated rings. The molecule has 168 valence electrons. The number of fused-ring (bicyclic) bond motifs is 2. The van der Waals surface area contributed by atoms with Crippen LogP contribution in [0.1, 0.15) is 24.5 Å². The highest BCUT2D eigenvalue weighted by molar-refractivity contribution is 6.32. The smallest absolute Gasteiger partial charge is 0.249 e. The molecule has 5 nitrogen and oxygen atoms in total. The van der Waals surface area contributed by atoms with E-state index in [0.29, 0.717) is 24.4 Å². The van der Waals surface area contributed by atoms with E-state index in [2.05, 4.69) is 10.6 Å². The number of hydrogen-bond acceptors (Lipinski definition) is 3. The lowest BCUT2D eigenvalue weighted by molar-refractivity contribution is -0.128. The predicted octanol–water partition coefficient (Wildman–Crippen LogP) is 4.49. The van der Waals surface area contributed by atoms with Crippen molar-refractivity contribution < 1.29 is 9.59 Å². The number of amides is 2. The minimum Gasteiger partial charge on any atom is -0.343 e. The van der Waals surface area contributed by atoms with Gasteiger partial charge in [0.25, 0.3) is 0 Å². The topological polar surface area (TPSA) is 61.4 Å². The molecule has 7 heteroatoms. The highest BCUT2D eigenvalue weighted by Crippen LogP contribution is 2.33. The first-order valence-corrected chi connectivity index (χ1v) is 10.9. The molecule has 3 aromatic carbocycles. The SMILES string of the molecule is CN[C@@H](C)C(=O)N[C@H]1CCc2ccccc2N(Cc2c(Cl)ccc3ccccc23)C1=O.Cl. The van der Waals surface area contributed by atoms with Gasteiger partial charge in [-0.25, -0.2) is 0 Å². The number of rotatable bonds is 5. The van der Waals surface area contributed by atoms with Crippen molar-refractivity contribution in [3.63, 3.8) is 0 Å². The van der Waals surface area contributed by atoms with Gasteiger partial charge in [-0.15, -0.1) is 12.4 Å². The molecule has 32 heavy (non-hydrogen) atoms. The van der Waals surface area contributed by atoms with Gasteiger partial charge in [0.1, 0.15) is 6.04 Å². The Kier molecular flexibility index (Phi) is 7.77. The standard InChI is InChI=1S/C25H26ClN3O2.ClH/c1-16(27-2)24(30)28-22-14-12-18-8-4-6-10-23(18)29(25(22)31)15-20-19-9-5-3-7-17(19)11-13-21(20)26;/h3-11,13,16,22,27H,12,14-15H2,1-2H3,(H,28,30);1H/t16-,22-;/m0./s1. The highest BCUT2D eigenvalue weighted by atomic mass is 35.5. The Labute approximate surface area is 199 Å². The third-order valence-electron chi connectivity index (χ3n) is 5.99. The molecule has 3 aromatic rings. The average molecular weight is 472 g/mol. The molecular formula is C25H27Cl2N3O2. The Balaban J connectivity index is 0.00000289. The molecule has 0 saturated carbocycles. The number of anilines is 1. The molecule has 2 atom stereocenters. The summed E-state index contributed by atoms with van der Waals surface area (Å²) in [6.07, 6.45) is 1.26. The van der Waals surface area contributed by atoms with Gasteiger partial charge >= 0.3 is 0 Å². The summed E-state index contributed by atoms with van der Waals surface area (Å²) in [7, 11) is 1.73. The average Bonchev–Trinajstić information content (AvgIpc) is 2.92. The Morgan fingerprint density at radius 1 is 1.12 bits per heavy atom. The van der Waals surface area contributed by atoms with Gasteiger partial charge in [0, 0.05) is 10.7 Å². The molecule has 0 unspecified atom stereocenters. The van der Waals surface area contributed by atoms with Crippen molar-refractivity contribution in [2.24, 2.45) is 0 Å². The quantitative estimate of drug-likeness (QED) is 0.576. The number of nitrogens with one attached hydrogen (secondary N) is 2. The number of benzene rings is 3. The summed E-state index contributed by atoms with van der Waals surface area (Å²) in [6.45, 7) is 2.11. The zero-order valence-corrected chi connectivity index (χ0v) is 19.7. The van der Waals surface area contributed by atoms with E-state index in [1.165, 1.54) is 0 Å². The van der Waals surface area contributed by atoms with Crippen molar-refractivity contribution >= 4 is 52.3 Å². The predicted molar refractivity (Wildman–Crippen MR) is 133 cm³/mol. The number of aryl methyl sites for hydroxylation is 1. The molecule has 0 spiro atoms. The number of para-hydroxylation sites is 1. The largest absolute Gasteiger partial charge is 0.343 e. The molecule has 1 aliphatic heterocycles. The molecule has 0 bridgehead atoms. The van der Waals surface area contributed by atoms with Gasteiger partial charge in [-0.2, -0.15) is 0 Å². The van der Waals surface area contributed by atoms with Crippen LogP contribution >= 0.6 is 24.0 Å². The van der Waals surface area contributed by atoms with Crippen LogP contribution in [0.15, 0.2) is 60.7 Å². The summed E-state index contributed by atoms with van der Waals surface area (Å²) < 4.78 is 0. The lowest BCUT2D eigenvalue weighted by Gasteiger charge is -2.28. The van der Waals surface area contributed by atoms with Gasteiger partial charge < -0.3 is 15.5 Å². The van der Waals surface area contributed by atoms with E-state index in [-0.39, 0.29) is 30.3 Å². The molecular weight excluding hydrogens is 445 g/mol.